The first-order valence-corrected chi connectivity index (χ1v) is 2.00. The monoisotopic (exact) mass is 196 g/mol. The predicted octanol–water partition coefficient (Wildman–Crippen LogP) is -2.99. The maximum Gasteiger partial charge on any atom is 2.00 e. The van der Waals surface area contributed by atoms with Crippen molar-refractivity contribution in [2.75, 3.05) is 0 Å². The van der Waals surface area contributed by atoms with Gasteiger partial charge in [0.2, 0.25) is 0 Å². The molecule has 0 rings (SSSR count). The third-order valence-electron chi connectivity index (χ3n) is 0. The molecule has 0 bridgehead atoms. The van der Waals surface area contributed by atoms with E-state index in [0.717, 1.165) is 0 Å². The Kier molecular flexibility index (Phi) is 22.0. The molecule has 4 N–H and O–H groups in total. The largest absolute Gasteiger partial charge is 2.00 e. The molecule has 0 aromatic rings. The van der Waals surface area contributed by atoms with Crippen LogP contribution in [0, 0.1) is 0 Å². The fourth-order valence-corrected chi connectivity index (χ4v) is 0. The molecule has 0 spiro atoms. The molecule has 0 fully saturated rings. The second-order valence-corrected chi connectivity index (χ2v) is 1.22. The molecular formula is H4O6SZn. The number of hydrogen-bond donors (Lipinski definition) is 0. The maximum absolute atomic E-state index is 8.52. The first kappa shape index (κ1) is 23.7. The molecule has 0 aromatic heterocycles. The summed E-state index contributed by atoms with van der Waals surface area (Å²) in [5.41, 5.74) is 0. The summed E-state index contributed by atoms with van der Waals surface area (Å²) in [6.07, 6.45) is 0. The van der Waals surface area contributed by atoms with E-state index in [0.29, 0.717) is 0 Å². The Balaban J connectivity index is -0.0000000267. The van der Waals surface area contributed by atoms with Crippen LogP contribution in [0.3, 0.4) is 0 Å². The van der Waals surface area contributed by atoms with Crippen molar-refractivity contribution in [2.24, 2.45) is 0 Å². The van der Waals surface area contributed by atoms with E-state index in [4.69, 9.17) is 17.5 Å². The van der Waals surface area contributed by atoms with Crippen molar-refractivity contribution in [3.05, 3.63) is 0 Å². The zero-order chi connectivity index (χ0) is 4.50. The van der Waals surface area contributed by atoms with Crippen molar-refractivity contribution in [1.82, 2.24) is 0 Å². The van der Waals surface area contributed by atoms with E-state index in [2.05, 4.69) is 0 Å². The predicted molar refractivity (Wildman–Crippen MR) is 17.7 cm³/mol. The summed E-state index contributed by atoms with van der Waals surface area (Å²) < 4.78 is 34.1. The SMILES string of the molecule is O.O.O=S(=O)([O-])[O-].[Zn+2]. The average molecular weight is 197 g/mol. The third kappa shape index (κ3) is 1100. The summed E-state index contributed by atoms with van der Waals surface area (Å²) in [7, 11) is -5.17. The van der Waals surface area contributed by atoms with Gasteiger partial charge in [-0.3, -0.25) is 8.42 Å². The van der Waals surface area contributed by atoms with Crippen LogP contribution in [-0.2, 0) is 29.9 Å². The molecule has 0 heterocycles. The molecule has 0 radical (unpaired) electrons. The van der Waals surface area contributed by atoms with E-state index < -0.39 is 10.4 Å². The van der Waals surface area contributed by atoms with Crippen LogP contribution in [0.1, 0.15) is 0 Å². The van der Waals surface area contributed by atoms with Crippen LogP contribution >= 0.6 is 0 Å². The molecule has 48 valence electrons. The van der Waals surface area contributed by atoms with E-state index in [1.54, 1.807) is 0 Å². The fraction of sp³-hybridized carbons (Fsp3) is 0. The Morgan fingerprint density at radius 3 is 1.00 bits per heavy atom. The van der Waals surface area contributed by atoms with Gasteiger partial charge < -0.3 is 20.1 Å². The van der Waals surface area contributed by atoms with Crippen molar-refractivity contribution in [3.63, 3.8) is 0 Å². The molecular weight excluding hydrogens is 193 g/mol. The molecule has 0 aliphatic heterocycles. The first-order valence-electron chi connectivity index (χ1n) is 0.667. The Bertz CT molecular complexity index is 91.7. The van der Waals surface area contributed by atoms with Crippen molar-refractivity contribution >= 4 is 10.4 Å². The van der Waals surface area contributed by atoms with Gasteiger partial charge in [0.1, 0.15) is 0 Å². The van der Waals surface area contributed by atoms with E-state index in [-0.39, 0.29) is 30.4 Å². The smallest absolute Gasteiger partial charge is 0.759 e. The summed E-state index contributed by atoms with van der Waals surface area (Å²) in [5.74, 6) is 0. The number of hydrogen-bond acceptors (Lipinski definition) is 4. The van der Waals surface area contributed by atoms with Gasteiger partial charge in [-0.05, 0) is 0 Å². The van der Waals surface area contributed by atoms with Crippen molar-refractivity contribution in [2.45, 2.75) is 0 Å². The number of rotatable bonds is 0. The fourth-order valence-electron chi connectivity index (χ4n) is 0. The minimum Gasteiger partial charge on any atom is -0.759 e. The van der Waals surface area contributed by atoms with Gasteiger partial charge in [0.25, 0.3) is 0 Å². The quantitative estimate of drug-likeness (QED) is 0.232. The summed E-state index contributed by atoms with van der Waals surface area (Å²) in [6.45, 7) is 0. The van der Waals surface area contributed by atoms with Gasteiger partial charge in [-0.25, -0.2) is 0 Å². The van der Waals surface area contributed by atoms with Crippen LogP contribution in [0.15, 0.2) is 0 Å². The van der Waals surface area contributed by atoms with E-state index in [1.807, 2.05) is 0 Å². The molecule has 0 aliphatic carbocycles. The Labute approximate surface area is 58.9 Å². The standard InChI is InChI=1S/H2O4S.2H2O.Zn/c1-5(2,3)4;;;/h(H2,1,2,3,4);2*1H2;/q;;;+2/p-2. The minimum absolute atomic E-state index is 0. The molecule has 0 amide bonds. The Hall–Kier alpha value is 0.413. The van der Waals surface area contributed by atoms with Gasteiger partial charge in [-0.15, -0.1) is 0 Å². The summed E-state index contributed by atoms with van der Waals surface area (Å²) in [5, 5.41) is 0. The molecule has 0 atom stereocenters. The van der Waals surface area contributed by atoms with Gasteiger partial charge in [0.15, 0.2) is 0 Å². The normalized spacial score (nSPS) is 7.25. The van der Waals surface area contributed by atoms with Gasteiger partial charge in [-0.2, -0.15) is 0 Å². The molecule has 0 aromatic carbocycles. The maximum atomic E-state index is 8.52. The molecule has 0 saturated heterocycles. The van der Waals surface area contributed by atoms with E-state index >= 15 is 0 Å². The van der Waals surface area contributed by atoms with E-state index in [9.17, 15) is 0 Å². The third-order valence-corrected chi connectivity index (χ3v) is 0. The van der Waals surface area contributed by atoms with Crippen LogP contribution < -0.4 is 0 Å². The molecule has 6 nitrogen and oxygen atoms in total. The molecule has 0 unspecified atom stereocenters. The Morgan fingerprint density at radius 1 is 1.00 bits per heavy atom. The van der Waals surface area contributed by atoms with Gasteiger partial charge in [0, 0.05) is 10.4 Å². The zero-order valence-corrected chi connectivity index (χ0v) is 7.53. The van der Waals surface area contributed by atoms with Crippen molar-refractivity contribution < 1.29 is 48.0 Å². The van der Waals surface area contributed by atoms with Crippen LogP contribution in [-0.4, -0.2) is 28.5 Å². The molecule has 8 heavy (non-hydrogen) atoms. The second-order valence-electron chi connectivity index (χ2n) is 0.408. The summed E-state index contributed by atoms with van der Waals surface area (Å²) in [6, 6.07) is 0. The second kappa shape index (κ2) is 7.41. The van der Waals surface area contributed by atoms with Crippen LogP contribution in [0.4, 0.5) is 0 Å². The summed E-state index contributed by atoms with van der Waals surface area (Å²) in [4.78, 5) is 0. The van der Waals surface area contributed by atoms with Gasteiger partial charge in [0.05, 0.1) is 0 Å². The van der Waals surface area contributed by atoms with Crippen LogP contribution in [0.25, 0.3) is 0 Å². The summed E-state index contributed by atoms with van der Waals surface area (Å²) >= 11 is 0. The molecule has 0 aliphatic rings. The molecule has 0 saturated carbocycles. The van der Waals surface area contributed by atoms with Gasteiger partial charge in [-0.1, -0.05) is 0 Å². The minimum atomic E-state index is -5.17. The van der Waals surface area contributed by atoms with Gasteiger partial charge >= 0.3 is 19.5 Å². The van der Waals surface area contributed by atoms with Crippen LogP contribution in [0.2, 0.25) is 0 Å². The van der Waals surface area contributed by atoms with Crippen molar-refractivity contribution in [1.29, 1.82) is 0 Å². The topological polar surface area (TPSA) is 143 Å². The average Bonchev–Trinajstić information content (AvgIpc) is 0.722. The zero-order valence-electron chi connectivity index (χ0n) is 3.75. The first-order chi connectivity index (χ1) is 2.00. The molecule has 8 heteroatoms. The van der Waals surface area contributed by atoms with E-state index in [1.165, 1.54) is 0 Å². The van der Waals surface area contributed by atoms with Crippen LogP contribution in [0.5, 0.6) is 0 Å². The van der Waals surface area contributed by atoms with Crippen molar-refractivity contribution in [3.8, 4) is 0 Å². The Morgan fingerprint density at radius 2 is 1.00 bits per heavy atom.